The lowest BCUT2D eigenvalue weighted by Crippen LogP contribution is -1.99. The summed E-state index contributed by atoms with van der Waals surface area (Å²) in [6.07, 6.45) is 0. The number of rotatable bonds is 6. The molecule has 0 atom stereocenters. The van der Waals surface area contributed by atoms with E-state index in [0.29, 0.717) is 0 Å². The number of hydrogen-bond acceptors (Lipinski definition) is 2. The second-order valence-electron chi connectivity index (χ2n) is 19.0. The van der Waals surface area contributed by atoms with Gasteiger partial charge in [0.1, 0.15) is 0 Å². The van der Waals surface area contributed by atoms with Gasteiger partial charge in [0.15, 0.2) is 0 Å². The third-order valence-corrected chi connectivity index (χ3v) is 14.8. The summed E-state index contributed by atoms with van der Waals surface area (Å²) in [6, 6.07) is 92.5. The lowest BCUT2D eigenvalue weighted by molar-refractivity contribution is 1.15. The molecule has 0 aliphatic carbocycles. The van der Waals surface area contributed by atoms with Gasteiger partial charge in [0, 0.05) is 43.8 Å². The van der Waals surface area contributed by atoms with Crippen molar-refractivity contribution < 1.29 is 0 Å². The lowest BCUT2D eigenvalue weighted by Gasteiger charge is -2.15. The summed E-state index contributed by atoms with van der Waals surface area (Å²) >= 11 is 0. The van der Waals surface area contributed by atoms with E-state index in [4.69, 9.17) is 9.97 Å². The van der Waals surface area contributed by atoms with Gasteiger partial charge in [0.05, 0.1) is 56.2 Å². The quantitative estimate of drug-likeness (QED) is 0.167. The van der Waals surface area contributed by atoms with Gasteiger partial charge in [-0.15, -0.1) is 0 Å². The van der Waals surface area contributed by atoms with Crippen LogP contribution in [0.4, 0.5) is 0 Å². The van der Waals surface area contributed by atoms with Crippen LogP contribution in [0.2, 0.25) is 0 Å². The van der Waals surface area contributed by atoms with Gasteiger partial charge in [0.2, 0.25) is 0 Å². The summed E-state index contributed by atoms with van der Waals surface area (Å²) < 4.78 is 4.95. The minimum atomic E-state index is 0.918. The minimum Gasteiger partial charge on any atom is -0.309 e. The Balaban J connectivity index is 1.02. The number of aromatic nitrogens is 4. The van der Waals surface area contributed by atoms with Crippen molar-refractivity contribution in [1.82, 2.24) is 19.1 Å². The summed E-state index contributed by atoms with van der Waals surface area (Å²) in [5.74, 6) is 0. The van der Waals surface area contributed by atoms with E-state index in [-0.39, 0.29) is 0 Å². The van der Waals surface area contributed by atoms with Crippen LogP contribution in [0.3, 0.4) is 0 Å². The molecule has 0 radical (unpaired) electrons. The van der Waals surface area contributed by atoms with E-state index < -0.39 is 0 Å². The van der Waals surface area contributed by atoms with Crippen molar-refractivity contribution in [2.75, 3.05) is 0 Å². The molecule has 4 heteroatoms. The lowest BCUT2D eigenvalue weighted by atomic mass is 10.0. The van der Waals surface area contributed by atoms with Crippen molar-refractivity contribution in [3.63, 3.8) is 0 Å². The second kappa shape index (κ2) is 16.0. The smallest absolute Gasteiger partial charge is 0.0730 e. The van der Waals surface area contributed by atoms with Crippen LogP contribution in [-0.2, 0) is 0 Å². The molecule has 4 nitrogen and oxygen atoms in total. The highest BCUT2D eigenvalue weighted by Gasteiger charge is 2.23. The first-order chi connectivity index (χ1) is 35.6. The molecule has 4 aromatic heterocycles. The highest BCUT2D eigenvalue weighted by atomic mass is 15.0. The molecule has 0 aliphatic rings. The van der Waals surface area contributed by atoms with Crippen molar-refractivity contribution in [3.8, 4) is 56.4 Å². The first kappa shape index (κ1) is 40.3. The monoisotopic (exact) mass is 914 g/mol. The number of pyridine rings is 2. The Kier molecular flexibility index (Phi) is 8.92. The van der Waals surface area contributed by atoms with Crippen molar-refractivity contribution in [2.24, 2.45) is 0 Å². The second-order valence-corrected chi connectivity index (χ2v) is 19.0. The molecule has 0 N–H and O–H groups in total. The van der Waals surface area contributed by atoms with E-state index >= 15 is 0 Å². The number of nitrogens with zero attached hydrogens (tertiary/aromatic N) is 4. The molecule has 0 aliphatic heterocycles. The van der Waals surface area contributed by atoms with Gasteiger partial charge >= 0.3 is 0 Å². The Morgan fingerprint density at radius 2 is 0.583 bits per heavy atom. The van der Waals surface area contributed by atoms with Gasteiger partial charge in [-0.1, -0.05) is 188 Å². The van der Waals surface area contributed by atoms with Crippen LogP contribution in [0.5, 0.6) is 0 Å². The van der Waals surface area contributed by atoms with Crippen LogP contribution in [0.25, 0.3) is 143 Å². The summed E-state index contributed by atoms with van der Waals surface area (Å²) in [4.78, 5) is 11.0. The van der Waals surface area contributed by atoms with Gasteiger partial charge in [-0.05, 0) is 110 Å². The highest BCUT2D eigenvalue weighted by molar-refractivity contribution is 6.26. The maximum Gasteiger partial charge on any atom is 0.0730 e. The SMILES string of the molecule is c1ccc2cc(-c3cc(-n4c5ccccc5c5c4ccc4c6ccccc6n(-c6cc(-c7ccc8ccccc8c7)nc(-c7ccc8ccccc8c7)c6)c45)cc(-c4ccc5ccccc5c4)n3)ccc2c1. The summed E-state index contributed by atoms with van der Waals surface area (Å²) in [6.45, 7) is 0. The highest BCUT2D eigenvalue weighted by Crippen LogP contribution is 2.44. The molecule has 334 valence electrons. The topological polar surface area (TPSA) is 35.6 Å². The van der Waals surface area contributed by atoms with Crippen molar-refractivity contribution >= 4 is 86.7 Å². The molecule has 0 saturated carbocycles. The number of para-hydroxylation sites is 2. The fourth-order valence-electron chi connectivity index (χ4n) is 11.3. The van der Waals surface area contributed by atoms with Gasteiger partial charge in [-0.2, -0.15) is 0 Å². The van der Waals surface area contributed by atoms with E-state index in [1.807, 2.05) is 0 Å². The molecule has 0 fully saturated rings. The molecule has 0 bridgehead atoms. The molecule has 0 unspecified atom stereocenters. The summed E-state index contributed by atoms with van der Waals surface area (Å²) in [5.41, 5.74) is 14.6. The number of hydrogen-bond donors (Lipinski definition) is 0. The average Bonchev–Trinajstić information content (AvgIpc) is 3.97. The standard InChI is InChI=1S/C68H42N4/c1-5-17-47-35-51(29-25-43(47)13-1)60-39-55(40-61(69-60)52-30-26-44-14-2-6-18-48(44)36-52)71-65-24-12-10-22-59(65)67-66(71)34-33-58-57-21-9-11-23-64(57)72(68(58)67)56-41-62(53-31-27-45-15-3-7-19-49(45)37-53)70-63(42-56)54-32-28-46-16-4-8-20-50(46)38-54/h1-42H. The number of fused-ring (bicyclic) bond motifs is 11. The zero-order valence-electron chi connectivity index (χ0n) is 39.0. The molecule has 0 saturated heterocycles. The minimum absolute atomic E-state index is 0.918. The fourth-order valence-corrected chi connectivity index (χ4v) is 11.3. The zero-order chi connectivity index (χ0) is 47.3. The summed E-state index contributed by atoms with van der Waals surface area (Å²) in [7, 11) is 0. The molecule has 15 aromatic rings. The van der Waals surface area contributed by atoms with Gasteiger partial charge in [0.25, 0.3) is 0 Å². The Bertz CT molecular complexity index is 4510. The largest absolute Gasteiger partial charge is 0.309 e. The van der Waals surface area contributed by atoms with Crippen LogP contribution in [0.15, 0.2) is 255 Å². The van der Waals surface area contributed by atoms with Crippen LogP contribution in [0, 0.1) is 0 Å². The van der Waals surface area contributed by atoms with Crippen molar-refractivity contribution in [1.29, 1.82) is 0 Å². The predicted octanol–water partition coefficient (Wildman–Crippen LogP) is 18.0. The maximum atomic E-state index is 5.49. The Labute approximate surface area is 415 Å². The van der Waals surface area contributed by atoms with E-state index in [1.54, 1.807) is 0 Å². The van der Waals surface area contributed by atoms with E-state index in [1.165, 1.54) is 64.6 Å². The third-order valence-electron chi connectivity index (χ3n) is 14.8. The normalized spacial score (nSPS) is 11.9. The molecule has 0 amide bonds. The molecule has 0 spiro atoms. The maximum absolute atomic E-state index is 5.49. The van der Waals surface area contributed by atoms with Gasteiger partial charge in [-0.25, -0.2) is 9.97 Å². The molecular formula is C68H42N4. The Hall–Kier alpha value is -9.64. The van der Waals surface area contributed by atoms with Crippen LogP contribution < -0.4 is 0 Å². The van der Waals surface area contributed by atoms with E-state index in [9.17, 15) is 0 Å². The van der Waals surface area contributed by atoms with Crippen molar-refractivity contribution in [2.45, 2.75) is 0 Å². The van der Waals surface area contributed by atoms with Crippen LogP contribution in [-0.4, -0.2) is 19.1 Å². The summed E-state index contributed by atoms with van der Waals surface area (Å²) in [5, 5.41) is 14.3. The van der Waals surface area contributed by atoms with E-state index in [0.717, 1.165) is 78.5 Å². The zero-order valence-corrected chi connectivity index (χ0v) is 39.0. The molecular weight excluding hydrogens is 873 g/mol. The van der Waals surface area contributed by atoms with Crippen molar-refractivity contribution in [3.05, 3.63) is 255 Å². The van der Waals surface area contributed by atoms with Crippen LogP contribution >= 0.6 is 0 Å². The average molecular weight is 915 g/mol. The molecule has 72 heavy (non-hydrogen) atoms. The molecule has 4 heterocycles. The van der Waals surface area contributed by atoms with Crippen LogP contribution in [0.1, 0.15) is 0 Å². The first-order valence-electron chi connectivity index (χ1n) is 24.6. The van der Waals surface area contributed by atoms with Gasteiger partial charge < -0.3 is 9.13 Å². The predicted molar refractivity (Wildman–Crippen MR) is 302 cm³/mol. The first-order valence-corrected chi connectivity index (χ1v) is 24.6. The third kappa shape index (κ3) is 6.47. The fraction of sp³-hybridized carbons (Fsp3) is 0. The van der Waals surface area contributed by atoms with E-state index in [2.05, 4.69) is 264 Å². The Morgan fingerprint density at radius 1 is 0.236 bits per heavy atom. The Morgan fingerprint density at radius 3 is 1.01 bits per heavy atom. The molecule has 11 aromatic carbocycles. The van der Waals surface area contributed by atoms with Gasteiger partial charge in [-0.3, -0.25) is 0 Å². The molecule has 15 rings (SSSR count). The number of benzene rings is 11.